The fourth-order valence-corrected chi connectivity index (χ4v) is 10.2. The number of nitrogens with two attached hydrogens (primary N) is 3. The average molecular weight is 996 g/mol. The second-order valence-corrected chi connectivity index (χ2v) is 20.3. The highest BCUT2D eigenvalue weighted by molar-refractivity contribution is 6.47. The van der Waals surface area contributed by atoms with Gasteiger partial charge in [-0.05, 0) is 129 Å². The summed E-state index contributed by atoms with van der Waals surface area (Å²) in [6.07, 6.45) is 2.50. The number of hydrogen-bond donors (Lipinski definition) is 11. The molecule has 19 nitrogen and oxygen atoms in total. The molecule has 1 aliphatic heterocycles. The zero-order valence-electron chi connectivity index (χ0n) is 42.1. The van der Waals surface area contributed by atoms with Crippen LogP contribution in [0.25, 0.3) is 11.1 Å². The summed E-state index contributed by atoms with van der Waals surface area (Å²) in [5.41, 5.74) is 22.1. The highest BCUT2D eigenvalue weighted by Crippen LogP contribution is 2.65. The maximum Gasteiger partial charge on any atom is 0.497 e. The molecule has 6 amide bonds. The number of hydrogen-bond acceptors (Lipinski definition) is 13. The van der Waals surface area contributed by atoms with Gasteiger partial charge in [0.1, 0.15) is 29.9 Å². The van der Waals surface area contributed by atoms with Crippen LogP contribution in [-0.2, 0) is 46.1 Å². The number of aliphatic hydroxyl groups is 1. The second kappa shape index (κ2) is 24.7. The number of unbranched alkanes of at least 4 members (excludes halogenated alkanes) is 2. The van der Waals surface area contributed by atoms with Gasteiger partial charge in [-0.25, -0.2) is 0 Å². The molecule has 14 N–H and O–H groups in total. The molecule has 4 fully saturated rings. The van der Waals surface area contributed by atoms with E-state index in [-0.39, 0.29) is 54.9 Å². The molecule has 20 heteroatoms. The van der Waals surface area contributed by atoms with Crippen LogP contribution in [0.15, 0.2) is 72.8 Å². The number of phenols is 1. The van der Waals surface area contributed by atoms with Gasteiger partial charge in [0.05, 0.1) is 17.8 Å². The van der Waals surface area contributed by atoms with Gasteiger partial charge in [-0.15, -0.1) is 0 Å². The van der Waals surface area contributed by atoms with Crippen molar-refractivity contribution in [2.45, 2.75) is 147 Å². The van der Waals surface area contributed by atoms with Crippen LogP contribution in [0.2, 0.25) is 0 Å². The largest absolute Gasteiger partial charge is 0.508 e. The molecule has 2 unspecified atom stereocenters. The predicted octanol–water partition coefficient (Wildman–Crippen LogP) is 1.80. The minimum absolute atomic E-state index is 0.00967. The maximum atomic E-state index is 13.9. The van der Waals surface area contributed by atoms with E-state index in [0.717, 1.165) is 43.2 Å². The lowest BCUT2D eigenvalue weighted by atomic mass is 9.43. The van der Waals surface area contributed by atoms with Gasteiger partial charge in [0, 0.05) is 24.9 Å². The molecule has 2 bridgehead atoms. The van der Waals surface area contributed by atoms with E-state index in [9.17, 15) is 39.0 Å². The zero-order chi connectivity index (χ0) is 52.3. The Labute approximate surface area is 422 Å². The first-order valence-corrected chi connectivity index (χ1v) is 25.2. The molecule has 3 aromatic carbocycles. The molecule has 1 saturated heterocycles. The van der Waals surface area contributed by atoms with Crippen LogP contribution in [0.4, 0.5) is 0 Å². The molecule has 3 aliphatic carbocycles. The van der Waals surface area contributed by atoms with Crippen LogP contribution in [-0.4, -0.2) is 114 Å². The Morgan fingerprint density at radius 2 is 1.40 bits per heavy atom. The van der Waals surface area contributed by atoms with Crippen LogP contribution in [0.3, 0.4) is 0 Å². The fourth-order valence-electron chi connectivity index (χ4n) is 10.2. The summed E-state index contributed by atoms with van der Waals surface area (Å²) < 4.78 is 12.7. The minimum atomic E-state index is -1.78. The van der Waals surface area contributed by atoms with E-state index < -0.39 is 78.7 Å². The molecule has 0 radical (unpaired) electrons. The third kappa shape index (κ3) is 13.8. The van der Waals surface area contributed by atoms with Gasteiger partial charge in [0.2, 0.25) is 23.6 Å². The van der Waals surface area contributed by atoms with Crippen molar-refractivity contribution in [3.05, 3.63) is 89.5 Å². The van der Waals surface area contributed by atoms with Crippen molar-refractivity contribution in [1.82, 2.24) is 31.9 Å². The molecule has 3 aromatic rings. The first-order valence-electron chi connectivity index (χ1n) is 25.2. The Morgan fingerprint density at radius 3 is 2.03 bits per heavy atom. The zero-order valence-corrected chi connectivity index (χ0v) is 42.1. The average Bonchev–Trinajstić information content (AvgIpc) is 3.72. The fraction of sp³-hybridized carbons (Fsp3) is 0.538. The van der Waals surface area contributed by atoms with Crippen molar-refractivity contribution in [3.8, 4) is 16.9 Å². The van der Waals surface area contributed by atoms with Crippen molar-refractivity contribution in [2.75, 3.05) is 13.1 Å². The number of rotatable bonds is 25. The second-order valence-electron chi connectivity index (χ2n) is 20.3. The Morgan fingerprint density at radius 1 is 0.764 bits per heavy atom. The highest BCUT2D eigenvalue weighted by Gasteiger charge is 2.68. The highest BCUT2D eigenvalue weighted by atomic mass is 16.7. The smallest absolute Gasteiger partial charge is 0.497 e. The first kappa shape index (κ1) is 55.4. The molecule has 72 heavy (non-hydrogen) atoms. The van der Waals surface area contributed by atoms with Crippen LogP contribution in [0.5, 0.6) is 5.75 Å². The van der Waals surface area contributed by atoms with Crippen LogP contribution in [0.1, 0.15) is 107 Å². The summed E-state index contributed by atoms with van der Waals surface area (Å²) >= 11 is 0. The number of nitrogens with one attached hydrogen (secondary N) is 6. The SMILES string of the molecule is CCCCc1ccc(-c2ccc(C(=O)NCCC(=O)N[C@@H](CCCCN)C(=O)N[C@H](C(=O)N[C@@H](N)C(=O)N[C@@H](Cc3ccc(O)cc3)C(=O)N[C@@H](N)B3OC4C[C@@H]5C[C@@H](C5(C)C)[C@]4(C)O3)C(C)O)cc2)cc1. The number of aromatic hydroxyl groups is 1. The van der Waals surface area contributed by atoms with Gasteiger partial charge in [-0.1, -0.05) is 75.7 Å². The molecule has 4 aliphatic rings. The molecular weight excluding hydrogens is 921 g/mol. The Balaban J connectivity index is 1.01. The van der Waals surface area contributed by atoms with E-state index in [2.05, 4.69) is 76.9 Å². The number of carbonyl (C=O) groups is 6. The maximum absolute atomic E-state index is 13.9. The molecule has 390 valence electrons. The topological polar surface area (TPSA) is 312 Å². The van der Waals surface area contributed by atoms with Crippen molar-refractivity contribution < 1.29 is 48.3 Å². The lowest BCUT2D eigenvalue weighted by Gasteiger charge is -2.64. The van der Waals surface area contributed by atoms with E-state index in [1.54, 1.807) is 24.3 Å². The Bertz CT molecular complexity index is 2360. The summed E-state index contributed by atoms with van der Waals surface area (Å²) in [6, 6.07) is 16.3. The first-order chi connectivity index (χ1) is 34.2. The van der Waals surface area contributed by atoms with Crippen LogP contribution in [0, 0.1) is 17.3 Å². The summed E-state index contributed by atoms with van der Waals surface area (Å²) in [4.78, 5) is 80.9. The normalized spacial score (nSPS) is 22.1. The molecule has 1 heterocycles. The monoisotopic (exact) mass is 996 g/mol. The number of phenolic OH excluding ortho intramolecular Hbond substituents is 1. The third-order valence-corrected chi connectivity index (χ3v) is 14.7. The lowest BCUT2D eigenvalue weighted by molar-refractivity contribution is -0.199. The third-order valence-electron chi connectivity index (χ3n) is 14.7. The van der Waals surface area contributed by atoms with E-state index in [1.165, 1.54) is 24.6 Å². The Kier molecular flexibility index (Phi) is 19.0. The van der Waals surface area contributed by atoms with E-state index in [0.29, 0.717) is 36.4 Å². The summed E-state index contributed by atoms with van der Waals surface area (Å²) in [7, 11) is -0.960. The van der Waals surface area contributed by atoms with Crippen molar-refractivity contribution in [1.29, 1.82) is 0 Å². The van der Waals surface area contributed by atoms with Crippen molar-refractivity contribution in [2.24, 2.45) is 34.5 Å². The van der Waals surface area contributed by atoms with Gasteiger partial charge in [0.25, 0.3) is 11.8 Å². The van der Waals surface area contributed by atoms with Gasteiger partial charge in [-0.2, -0.15) is 0 Å². The summed E-state index contributed by atoms with van der Waals surface area (Å²) in [5, 5.41) is 36.0. The number of aliphatic hydroxyl groups excluding tert-OH is 1. The van der Waals surface area contributed by atoms with E-state index >= 15 is 0 Å². The van der Waals surface area contributed by atoms with Crippen molar-refractivity contribution in [3.63, 3.8) is 0 Å². The number of amides is 6. The van der Waals surface area contributed by atoms with Gasteiger partial charge in [0.15, 0.2) is 6.17 Å². The molecule has 7 rings (SSSR count). The van der Waals surface area contributed by atoms with E-state index in [1.807, 2.05) is 19.1 Å². The molecule has 10 atom stereocenters. The van der Waals surface area contributed by atoms with E-state index in [4.69, 9.17) is 26.5 Å². The summed E-state index contributed by atoms with van der Waals surface area (Å²) in [6.45, 7) is 10.2. The molecule has 0 aromatic heterocycles. The quantitative estimate of drug-likeness (QED) is 0.0328. The number of aryl methyl sites for hydroxylation is 1. The number of benzene rings is 3. The Hall–Kier alpha value is -5.90. The van der Waals surface area contributed by atoms with Gasteiger partial charge in [-0.3, -0.25) is 28.8 Å². The molecule has 3 saturated carbocycles. The summed E-state index contributed by atoms with van der Waals surface area (Å²) in [5.74, 6) is -3.72. The molecular formula is C52H74BN9O10. The van der Waals surface area contributed by atoms with Gasteiger partial charge >= 0.3 is 7.12 Å². The number of carbonyl (C=O) groups excluding carboxylic acids is 6. The molecule has 0 spiro atoms. The van der Waals surface area contributed by atoms with Crippen LogP contribution < -0.4 is 49.1 Å². The predicted molar refractivity (Wildman–Crippen MR) is 272 cm³/mol. The minimum Gasteiger partial charge on any atom is -0.508 e. The standard InChI is InChI=1S/C52H74BN9O10/c1-6-7-10-31-12-16-33(17-13-31)34-18-20-35(21-19-34)45(66)57-26-24-42(65)58-38(11-8-9-25-54)46(67)60-43(30(2)63)48(69)61-44(55)49(70)59-39(27-32-14-22-37(64)23-15-32)47(68)62-50(56)53-71-41-29-36-28-40(51(36,3)4)52(41,5)72-53/h12-23,30,36,38-41,43-44,50,63-64H,6-11,24-29,54-56H2,1-5H3,(H,57,66)(H,58,65)(H,59,70)(H,60,67)(H,61,69)(H,62,68)/t30?,36-,38-,39-,40-,41?,43-,44+,50+,52-/m0/s1. The van der Waals surface area contributed by atoms with Crippen LogP contribution >= 0.6 is 0 Å². The van der Waals surface area contributed by atoms with Gasteiger partial charge < -0.3 is 68.6 Å². The van der Waals surface area contributed by atoms with Crippen molar-refractivity contribution >= 4 is 42.6 Å². The lowest BCUT2D eigenvalue weighted by Crippen LogP contribution is -2.65.